The molecule has 0 radical (unpaired) electrons. The summed E-state index contributed by atoms with van der Waals surface area (Å²) in [6.07, 6.45) is 0. The molecule has 1 atom stereocenters. The quantitative estimate of drug-likeness (QED) is 0.915. The molecule has 0 aliphatic heterocycles. The van der Waals surface area contributed by atoms with Gasteiger partial charge in [-0.2, -0.15) is 0 Å². The van der Waals surface area contributed by atoms with E-state index in [2.05, 4.69) is 0 Å². The highest BCUT2D eigenvalue weighted by molar-refractivity contribution is 6.31. The number of ether oxygens (including phenoxy) is 1. The lowest BCUT2D eigenvalue weighted by atomic mass is 10.1. The second-order valence-electron chi connectivity index (χ2n) is 4.35. The van der Waals surface area contributed by atoms with Gasteiger partial charge in [0, 0.05) is 17.2 Å². The predicted octanol–water partition coefficient (Wildman–Crippen LogP) is 4.08. The van der Waals surface area contributed by atoms with Crippen LogP contribution in [0.5, 0.6) is 5.75 Å². The molecular weight excluding hydrogens is 265 g/mol. The van der Waals surface area contributed by atoms with E-state index in [-0.39, 0.29) is 18.5 Å². The SMILES string of the molecule is C[C@H](N)c1ccccc1OCc1ccc(F)cc1Cl. The molecule has 0 bridgehead atoms. The Balaban J connectivity index is 2.14. The molecule has 2 aromatic carbocycles. The Kier molecular flexibility index (Phi) is 4.40. The van der Waals surface area contributed by atoms with E-state index < -0.39 is 0 Å². The molecule has 0 aliphatic carbocycles. The number of para-hydroxylation sites is 1. The summed E-state index contributed by atoms with van der Waals surface area (Å²) >= 11 is 5.95. The van der Waals surface area contributed by atoms with E-state index >= 15 is 0 Å². The van der Waals surface area contributed by atoms with E-state index in [0.29, 0.717) is 5.02 Å². The lowest BCUT2D eigenvalue weighted by Gasteiger charge is -2.14. The number of benzene rings is 2. The minimum atomic E-state index is -0.357. The molecule has 0 amide bonds. The van der Waals surface area contributed by atoms with Crippen molar-refractivity contribution in [3.05, 3.63) is 64.4 Å². The minimum absolute atomic E-state index is 0.111. The van der Waals surface area contributed by atoms with Gasteiger partial charge >= 0.3 is 0 Å². The predicted molar refractivity (Wildman–Crippen MR) is 74.8 cm³/mol. The lowest BCUT2D eigenvalue weighted by Crippen LogP contribution is -2.08. The van der Waals surface area contributed by atoms with Gasteiger partial charge in [-0.05, 0) is 25.1 Å². The van der Waals surface area contributed by atoms with Crippen LogP contribution in [0.2, 0.25) is 5.02 Å². The number of rotatable bonds is 4. The van der Waals surface area contributed by atoms with Crippen LogP contribution in [0.3, 0.4) is 0 Å². The smallest absolute Gasteiger partial charge is 0.124 e. The van der Waals surface area contributed by atoms with E-state index in [1.54, 1.807) is 6.07 Å². The number of hydrogen-bond acceptors (Lipinski definition) is 2. The van der Waals surface area contributed by atoms with Crippen LogP contribution in [0.25, 0.3) is 0 Å². The molecule has 2 nitrogen and oxygen atoms in total. The van der Waals surface area contributed by atoms with Crippen molar-refractivity contribution in [3.63, 3.8) is 0 Å². The summed E-state index contributed by atoms with van der Waals surface area (Å²) in [7, 11) is 0. The highest BCUT2D eigenvalue weighted by Gasteiger charge is 2.08. The summed E-state index contributed by atoms with van der Waals surface area (Å²) in [6, 6.07) is 11.7. The van der Waals surface area contributed by atoms with Gasteiger partial charge in [-0.25, -0.2) is 4.39 Å². The molecule has 0 saturated heterocycles. The van der Waals surface area contributed by atoms with Gasteiger partial charge in [0.1, 0.15) is 18.2 Å². The fourth-order valence-electron chi connectivity index (χ4n) is 1.78. The van der Waals surface area contributed by atoms with Crippen molar-refractivity contribution in [2.45, 2.75) is 19.6 Å². The van der Waals surface area contributed by atoms with Gasteiger partial charge in [-0.15, -0.1) is 0 Å². The first-order valence-corrected chi connectivity index (χ1v) is 6.37. The van der Waals surface area contributed by atoms with E-state index in [9.17, 15) is 4.39 Å². The summed E-state index contributed by atoms with van der Waals surface area (Å²) in [5, 5.41) is 0.360. The zero-order chi connectivity index (χ0) is 13.8. The molecule has 2 aromatic rings. The second-order valence-corrected chi connectivity index (χ2v) is 4.76. The van der Waals surface area contributed by atoms with E-state index in [4.69, 9.17) is 22.1 Å². The van der Waals surface area contributed by atoms with Crippen molar-refractivity contribution >= 4 is 11.6 Å². The van der Waals surface area contributed by atoms with Crippen LogP contribution in [0.15, 0.2) is 42.5 Å². The third-order valence-corrected chi connectivity index (χ3v) is 3.16. The van der Waals surface area contributed by atoms with Crippen LogP contribution in [0.1, 0.15) is 24.1 Å². The zero-order valence-corrected chi connectivity index (χ0v) is 11.3. The standard InChI is InChI=1S/C15H15ClFNO/c1-10(18)13-4-2-3-5-15(13)19-9-11-6-7-12(17)8-14(11)16/h2-8,10H,9,18H2,1H3/t10-/m0/s1. The van der Waals surface area contributed by atoms with Gasteiger partial charge in [0.25, 0.3) is 0 Å². The van der Waals surface area contributed by atoms with Gasteiger partial charge in [-0.1, -0.05) is 35.9 Å². The summed E-state index contributed by atoms with van der Waals surface area (Å²) in [6.45, 7) is 2.18. The van der Waals surface area contributed by atoms with Crippen molar-refractivity contribution in [3.8, 4) is 5.75 Å². The van der Waals surface area contributed by atoms with Crippen molar-refractivity contribution in [1.29, 1.82) is 0 Å². The molecular formula is C15H15ClFNO. The number of nitrogens with two attached hydrogens (primary N) is 1. The largest absolute Gasteiger partial charge is 0.489 e. The van der Waals surface area contributed by atoms with Crippen LogP contribution < -0.4 is 10.5 Å². The Morgan fingerprint density at radius 2 is 2.00 bits per heavy atom. The van der Waals surface area contributed by atoms with E-state index in [1.165, 1.54) is 12.1 Å². The maximum Gasteiger partial charge on any atom is 0.124 e. The highest BCUT2D eigenvalue weighted by atomic mass is 35.5. The van der Waals surface area contributed by atoms with Gasteiger partial charge in [-0.3, -0.25) is 0 Å². The average Bonchev–Trinajstić information content (AvgIpc) is 2.38. The molecule has 2 rings (SSSR count). The summed E-state index contributed by atoms with van der Waals surface area (Å²) in [5.41, 5.74) is 7.55. The van der Waals surface area contributed by atoms with Crippen molar-refractivity contribution < 1.29 is 9.13 Å². The number of hydrogen-bond donors (Lipinski definition) is 1. The molecule has 100 valence electrons. The maximum atomic E-state index is 12.9. The first kappa shape index (κ1) is 13.8. The van der Waals surface area contributed by atoms with Gasteiger partial charge in [0.15, 0.2) is 0 Å². The fourth-order valence-corrected chi connectivity index (χ4v) is 2.00. The van der Waals surface area contributed by atoms with Gasteiger partial charge in [0.2, 0.25) is 0 Å². The summed E-state index contributed by atoms with van der Waals surface area (Å²) in [5.74, 6) is 0.364. The first-order valence-electron chi connectivity index (χ1n) is 5.99. The summed E-state index contributed by atoms with van der Waals surface area (Å²) in [4.78, 5) is 0. The Hall–Kier alpha value is -1.58. The molecule has 0 saturated carbocycles. The third kappa shape index (κ3) is 3.46. The molecule has 0 aliphatic rings. The molecule has 2 N–H and O–H groups in total. The van der Waals surface area contributed by atoms with Crippen molar-refractivity contribution in [1.82, 2.24) is 0 Å². The molecule has 19 heavy (non-hydrogen) atoms. The van der Waals surface area contributed by atoms with Crippen LogP contribution >= 0.6 is 11.6 Å². The second kappa shape index (κ2) is 6.04. The van der Waals surface area contributed by atoms with E-state index in [1.807, 2.05) is 31.2 Å². The highest BCUT2D eigenvalue weighted by Crippen LogP contribution is 2.25. The van der Waals surface area contributed by atoms with Crippen molar-refractivity contribution in [2.24, 2.45) is 5.73 Å². The fraction of sp³-hybridized carbons (Fsp3) is 0.200. The monoisotopic (exact) mass is 279 g/mol. The Bertz CT molecular complexity index is 572. The Morgan fingerprint density at radius 3 is 2.68 bits per heavy atom. The van der Waals surface area contributed by atoms with Crippen LogP contribution in [-0.4, -0.2) is 0 Å². The molecule has 0 spiro atoms. The first-order chi connectivity index (χ1) is 9.08. The third-order valence-electron chi connectivity index (χ3n) is 2.81. The molecule has 4 heteroatoms. The van der Waals surface area contributed by atoms with Crippen molar-refractivity contribution in [2.75, 3.05) is 0 Å². The minimum Gasteiger partial charge on any atom is -0.489 e. The normalized spacial score (nSPS) is 12.2. The maximum absolute atomic E-state index is 12.9. The van der Waals surface area contributed by atoms with Crippen LogP contribution in [-0.2, 0) is 6.61 Å². The Morgan fingerprint density at radius 1 is 1.26 bits per heavy atom. The Labute approximate surface area is 117 Å². The topological polar surface area (TPSA) is 35.2 Å². The van der Waals surface area contributed by atoms with Crippen LogP contribution in [0, 0.1) is 5.82 Å². The van der Waals surface area contributed by atoms with Gasteiger partial charge < -0.3 is 10.5 Å². The molecule has 0 aromatic heterocycles. The average molecular weight is 280 g/mol. The molecule has 0 heterocycles. The zero-order valence-electron chi connectivity index (χ0n) is 10.6. The van der Waals surface area contributed by atoms with E-state index in [0.717, 1.165) is 16.9 Å². The number of halogens is 2. The molecule has 0 fully saturated rings. The summed E-state index contributed by atoms with van der Waals surface area (Å²) < 4.78 is 18.7. The molecule has 0 unspecified atom stereocenters. The lowest BCUT2D eigenvalue weighted by molar-refractivity contribution is 0.301. The van der Waals surface area contributed by atoms with Crippen LogP contribution in [0.4, 0.5) is 4.39 Å². The van der Waals surface area contributed by atoms with Gasteiger partial charge in [0.05, 0.1) is 5.02 Å².